The Kier molecular flexibility index (Phi) is 10.4. The Morgan fingerprint density at radius 3 is 2.35 bits per heavy atom. The Balaban J connectivity index is 0.00000625. The van der Waals surface area contributed by atoms with Gasteiger partial charge in [-0.25, -0.2) is 4.79 Å². The van der Waals surface area contributed by atoms with Gasteiger partial charge in [0, 0.05) is 4.88 Å². The second kappa shape index (κ2) is 11.2. The third-order valence-corrected chi connectivity index (χ3v) is 4.80. The maximum atomic E-state index is 12.2. The van der Waals surface area contributed by atoms with Crippen LogP contribution in [0.1, 0.15) is 48.5 Å². The minimum Gasteiger partial charge on any atom is -0.462 e. The van der Waals surface area contributed by atoms with Crippen LogP contribution in [0, 0.1) is 12.8 Å². The van der Waals surface area contributed by atoms with Crippen molar-refractivity contribution in [3.8, 4) is 0 Å². The van der Waals surface area contributed by atoms with E-state index in [-0.39, 0.29) is 37.4 Å². The fourth-order valence-corrected chi connectivity index (χ4v) is 3.42. The molecule has 0 saturated heterocycles. The first-order valence-corrected chi connectivity index (χ1v) is 9.16. The number of ether oxygens (including phenoxy) is 1. The highest BCUT2D eigenvalue weighted by atomic mass is 35.5. The van der Waals surface area contributed by atoms with Gasteiger partial charge in [0.05, 0.1) is 24.8 Å². The van der Waals surface area contributed by atoms with Gasteiger partial charge in [0.15, 0.2) is 0 Å². The van der Waals surface area contributed by atoms with Crippen molar-refractivity contribution in [3.63, 3.8) is 0 Å². The number of rotatable bonds is 8. The van der Waals surface area contributed by atoms with Crippen molar-refractivity contribution in [3.05, 3.63) is 16.0 Å². The van der Waals surface area contributed by atoms with E-state index < -0.39 is 17.9 Å². The summed E-state index contributed by atoms with van der Waals surface area (Å²) in [5, 5.41) is 5.64. The van der Waals surface area contributed by atoms with Crippen molar-refractivity contribution in [1.29, 1.82) is 0 Å². The zero-order valence-corrected chi connectivity index (χ0v) is 17.4. The number of halogens is 1. The van der Waals surface area contributed by atoms with Crippen LogP contribution < -0.4 is 16.4 Å². The molecule has 9 heteroatoms. The van der Waals surface area contributed by atoms with Gasteiger partial charge in [0.25, 0.3) is 0 Å². The van der Waals surface area contributed by atoms with Gasteiger partial charge < -0.3 is 21.1 Å². The van der Waals surface area contributed by atoms with Gasteiger partial charge in [0.2, 0.25) is 11.8 Å². The fraction of sp³-hybridized carbons (Fsp3) is 0.588. The highest BCUT2D eigenvalue weighted by molar-refractivity contribution is 7.16. The third-order valence-electron chi connectivity index (χ3n) is 3.74. The molecule has 0 radical (unpaired) electrons. The summed E-state index contributed by atoms with van der Waals surface area (Å²) in [5.41, 5.74) is 6.99. The lowest BCUT2D eigenvalue weighted by Crippen LogP contribution is -2.46. The van der Waals surface area contributed by atoms with Crippen LogP contribution in [0.5, 0.6) is 0 Å². The summed E-state index contributed by atoms with van der Waals surface area (Å²) in [6, 6.07) is -0.668. The maximum absolute atomic E-state index is 12.2. The molecule has 1 aromatic rings. The second-order valence-corrected chi connectivity index (χ2v) is 7.18. The van der Waals surface area contributed by atoms with Crippen LogP contribution in [0.15, 0.2) is 0 Å². The van der Waals surface area contributed by atoms with E-state index in [1.807, 2.05) is 27.7 Å². The van der Waals surface area contributed by atoms with E-state index in [2.05, 4.69) is 10.6 Å². The van der Waals surface area contributed by atoms with E-state index in [1.165, 1.54) is 11.3 Å². The predicted molar refractivity (Wildman–Crippen MR) is 106 cm³/mol. The van der Waals surface area contributed by atoms with E-state index in [1.54, 1.807) is 6.92 Å². The minimum atomic E-state index is -0.668. The van der Waals surface area contributed by atoms with Gasteiger partial charge in [-0.1, -0.05) is 20.8 Å². The number of carbonyl (C=O) groups excluding carboxylic acids is 3. The standard InChI is InChI=1S/C17H27N3O4S.ClH/c1-6-11-10(5)25-16(13(11)17(23)24-7-2)20-12(21)8-19-15(22)14(18)9(3)4;/h9,14H,6-8,18H2,1-5H3,(H,19,22)(H,20,21);1H/t14-;/m0./s1. The number of esters is 1. The SMILES string of the molecule is CCOC(=O)c1c(NC(=O)CNC(=O)[C@@H](N)C(C)C)sc(C)c1CC.Cl. The number of carbonyl (C=O) groups is 3. The Morgan fingerprint density at radius 2 is 1.85 bits per heavy atom. The molecule has 0 spiro atoms. The van der Waals surface area contributed by atoms with Crippen LogP contribution >= 0.6 is 23.7 Å². The molecule has 0 unspecified atom stereocenters. The number of anilines is 1. The number of nitrogens with two attached hydrogens (primary N) is 1. The summed E-state index contributed by atoms with van der Waals surface area (Å²) in [6.45, 7) is 9.28. The lowest BCUT2D eigenvalue weighted by atomic mass is 10.1. The highest BCUT2D eigenvalue weighted by Crippen LogP contribution is 2.34. The van der Waals surface area contributed by atoms with Gasteiger partial charge in [-0.3, -0.25) is 9.59 Å². The molecule has 0 bridgehead atoms. The molecule has 0 aliphatic heterocycles. The molecule has 0 aliphatic rings. The average molecular weight is 406 g/mol. The van der Waals surface area contributed by atoms with Gasteiger partial charge in [-0.05, 0) is 31.7 Å². The normalized spacial score (nSPS) is 11.5. The molecule has 1 aromatic heterocycles. The smallest absolute Gasteiger partial charge is 0.341 e. The van der Waals surface area contributed by atoms with E-state index in [9.17, 15) is 14.4 Å². The fourth-order valence-electron chi connectivity index (χ4n) is 2.27. The molecule has 0 fully saturated rings. The minimum absolute atomic E-state index is 0. The maximum Gasteiger partial charge on any atom is 0.341 e. The van der Waals surface area contributed by atoms with Gasteiger partial charge in [-0.2, -0.15) is 0 Å². The number of nitrogens with one attached hydrogen (secondary N) is 2. The van der Waals surface area contributed by atoms with Gasteiger partial charge >= 0.3 is 5.97 Å². The number of amides is 2. The van der Waals surface area contributed by atoms with Gasteiger partial charge in [-0.15, -0.1) is 23.7 Å². The van der Waals surface area contributed by atoms with Gasteiger partial charge in [0.1, 0.15) is 5.00 Å². The highest BCUT2D eigenvalue weighted by Gasteiger charge is 2.24. The van der Waals surface area contributed by atoms with Crippen LogP contribution in [0.25, 0.3) is 0 Å². The second-order valence-electron chi connectivity index (χ2n) is 5.95. The summed E-state index contributed by atoms with van der Waals surface area (Å²) < 4.78 is 5.09. The monoisotopic (exact) mass is 405 g/mol. The largest absolute Gasteiger partial charge is 0.462 e. The number of hydrogen-bond acceptors (Lipinski definition) is 6. The van der Waals surface area contributed by atoms with E-state index in [4.69, 9.17) is 10.5 Å². The van der Waals surface area contributed by atoms with Crippen LogP contribution in [0.4, 0.5) is 5.00 Å². The molecule has 0 saturated carbocycles. The number of thiophene rings is 1. The van der Waals surface area contributed by atoms with Crippen LogP contribution in [-0.4, -0.2) is 37.0 Å². The third kappa shape index (κ3) is 6.26. The molecule has 0 aliphatic carbocycles. The Labute approximate surface area is 164 Å². The molecular formula is C17H28ClN3O4S. The summed E-state index contributed by atoms with van der Waals surface area (Å²) in [5.74, 6) is -1.28. The number of hydrogen-bond donors (Lipinski definition) is 3. The molecule has 0 aromatic carbocycles. The van der Waals surface area contributed by atoms with E-state index in [0.717, 1.165) is 10.4 Å². The zero-order chi connectivity index (χ0) is 19.1. The van der Waals surface area contributed by atoms with Crippen molar-refractivity contribution in [2.24, 2.45) is 11.7 Å². The summed E-state index contributed by atoms with van der Waals surface area (Å²) in [4.78, 5) is 37.1. The Morgan fingerprint density at radius 1 is 1.23 bits per heavy atom. The predicted octanol–water partition coefficient (Wildman–Crippen LogP) is 2.26. The van der Waals surface area contributed by atoms with Crippen LogP contribution in [-0.2, 0) is 20.7 Å². The topological polar surface area (TPSA) is 111 Å². The molecule has 4 N–H and O–H groups in total. The van der Waals surface area contributed by atoms with E-state index >= 15 is 0 Å². The first-order chi connectivity index (χ1) is 11.7. The molecule has 2 amide bonds. The summed E-state index contributed by atoms with van der Waals surface area (Å²) in [7, 11) is 0. The lowest BCUT2D eigenvalue weighted by molar-refractivity contribution is -0.125. The summed E-state index contributed by atoms with van der Waals surface area (Å²) >= 11 is 1.32. The van der Waals surface area contributed by atoms with Crippen molar-refractivity contribution >= 4 is 46.5 Å². The van der Waals surface area contributed by atoms with Crippen molar-refractivity contribution in [1.82, 2.24) is 5.32 Å². The Hall–Kier alpha value is -1.64. The van der Waals surface area contributed by atoms with Crippen molar-refractivity contribution < 1.29 is 19.1 Å². The molecule has 1 rings (SSSR count). The molecule has 7 nitrogen and oxygen atoms in total. The first-order valence-electron chi connectivity index (χ1n) is 8.35. The Bertz CT molecular complexity index is 646. The molecular weight excluding hydrogens is 378 g/mol. The van der Waals surface area contributed by atoms with Crippen molar-refractivity contribution in [2.45, 2.75) is 47.1 Å². The van der Waals surface area contributed by atoms with E-state index in [0.29, 0.717) is 17.0 Å². The summed E-state index contributed by atoms with van der Waals surface area (Å²) in [6.07, 6.45) is 0.659. The quantitative estimate of drug-likeness (QED) is 0.574. The molecule has 26 heavy (non-hydrogen) atoms. The van der Waals surface area contributed by atoms with Crippen molar-refractivity contribution in [2.75, 3.05) is 18.5 Å². The molecule has 1 atom stereocenters. The van der Waals surface area contributed by atoms with Crippen LogP contribution in [0.2, 0.25) is 0 Å². The first kappa shape index (κ1) is 24.4. The zero-order valence-electron chi connectivity index (χ0n) is 15.8. The molecule has 148 valence electrons. The van der Waals surface area contributed by atoms with Crippen LogP contribution in [0.3, 0.4) is 0 Å². The lowest BCUT2D eigenvalue weighted by Gasteiger charge is -2.15. The molecule has 1 heterocycles. The average Bonchev–Trinajstić information content (AvgIpc) is 2.86. The number of aryl methyl sites for hydroxylation is 1.